The first-order valence-corrected chi connectivity index (χ1v) is 5.49. The fourth-order valence-electron chi connectivity index (χ4n) is 2.17. The first kappa shape index (κ1) is 10.4. The number of carbonyl (C=O) groups excluding carboxylic acids is 2. The third-order valence-electron chi connectivity index (χ3n) is 3.08. The predicted octanol–water partition coefficient (Wildman–Crippen LogP) is -0.915. The van der Waals surface area contributed by atoms with Gasteiger partial charge in [-0.05, 0) is 13.3 Å². The molecule has 2 aliphatic heterocycles. The summed E-state index contributed by atoms with van der Waals surface area (Å²) in [5, 5.41) is 5.96. The zero-order valence-electron chi connectivity index (χ0n) is 8.95. The molecule has 2 amide bonds. The van der Waals surface area contributed by atoms with Crippen molar-refractivity contribution in [1.29, 1.82) is 0 Å². The molecule has 0 spiro atoms. The Morgan fingerprint density at radius 2 is 2.33 bits per heavy atom. The lowest BCUT2D eigenvalue weighted by molar-refractivity contribution is -0.137. The minimum absolute atomic E-state index is 0.00358. The molecule has 2 rings (SSSR count). The number of amides is 2. The minimum atomic E-state index is -0.280. The zero-order chi connectivity index (χ0) is 10.8. The van der Waals surface area contributed by atoms with Gasteiger partial charge in [0.25, 0.3) is 0 Å². The first-order chi connectivity index (χ1) is 7.18. The molecule has 2 heterocycles. The molecule has 5 heteroatoms. The van der Waals surface area contributed by atoms with Gasteiger partial charge in [0.05, 0.1) is 0 Å². The molecule has 0 aromatic rings. The van der Waals surface area contributed by atoms with E-state index in [9.17, 15) is 9.59 Å². The molecule has 2 saturated heterocycles. The maximum Gasteiger partial charge on any atom is 0.245 e. The van der Waals surface area contributed by atoms with Crippen molar-refractivity contribution in [2.45, 2.75) is 31.8 Å². The van der Waals surface area contributed by atoms with Crippen LogP contribution >= 0.6 is 0 Å². The lowest BCUT2D eigenvalue weighted by Crippen LogP contribution is -2.56. The summed E-state index contributed by atoms with van der Waals surface area (Å²) in [6, 6.07) is -0.0539. The van der Waals surface area contributed by atoms with Crippen molar-refractivity contribution in [3.63, 3.8) is 0 Å². The Bertz CT molecular complexity index is 280. The van der Waals surface area contributed by atoms with Gasteiger partial charge in [0, 0.05) is 32.1 Å². The van der Waals surface area contributed by atoms with Crippen molar-refractivity contribution in [3.8, 4) is 0 Å². The molecular weight excluding hydrogens is 194 g/mol. The lowest BCUT2D eigenvalue weighted by atomic mass is 10.1. The maximum atomic E-state index is 12.0. The number of piperazine rings is 1. The van der Waals surface area contributed by atoms with Gasteiger partial charge in [0.1, 0.15) is 6.04 Å². The van der Waals surface area contributed by atoms with Gasteiger partial charge in [-0.1, -0.05) is 0 Å². The Kier molecular flexibility index (Phi) is 2.90. The SMILES string of the molecule is C[C@H]1CNCCN1C(=O)[C@H]1CCC(=O)N1. The molecule has 0 aromatic carbocycles. The highest BCUT2D eigenvalue weighted by atomic mass is 16.2. The smallest absolute Gasteiger partial charge is 0.245 e. The van der Waals surface area contributed by atoms with Gasteiger partial charge in [-0.25, -0.2) is 0 Å². The van der Waals surface area contributed by atoms with E-state index in [0.717, 1.165) is 19.6 Å². The molecule has 2 N–H and O–H groups in total. The van der Waals surface area contributed by atoms with E-state index in [2.05, 4.69) is 10.6 Å². The van der Waals surface area contributed by atoms with E-state index >= 15 is 0 Å². The van der Waals surface area contributed by atoms with Crippen LogP contribution in [-0.2, 0) is 9.59 Å². The minimum Gasteiger partial charge on any atom is -0.344 e. The molecule has 0 radical (unpaired) electrons. The maximum absolute atomic E-state index is 12.0. The van der Waals surface area contributed by atoms with E-state index in [-0.39, 0.29) is 23.9 Å². The summed E-state index contributed by atoms with van der Waals surface area (Å²) in [6.45, 7) is 4.45. The molecule has 0 bridgehead atoms. The van der Waals surface area contributed by atoms with Gasteiger partial charge in [-0.2, -0.15) is 0 Å². The summed E-state index contributed by atoms with van der Waals surface area (Å²) in [5.74, 6) is 0.0750. The first-order valence-electron chi connectivity index (χ1n) is 5.49. The van der Waals surface area contributed by atoms with Crippen molar-refractivity contribution >= 4 is 11.8 Å². The van der Waals surface area contributed by atoms with Crippen LogP contribution in [0.1, 0.15) is 19.8 Å². The van der Waals surface area contributed by atoms with E-state index < -0.39 is 0 Å². The van der Waals surface area contributed by atoms with Crippen molar-refractivity contribution in [2.24, 2.45) is 0 Å². The molecular formula is C10H17N3O2. The van der Waals surface area contributed by atoms with Gasteiger partial charge < -0.3 is 15.5 Å². The van der Waals surface area contributed by atoms with Crippen molar-refractivity contribution in [1.82, 2.24) is 15.5 Å². The van der Waals surface area contributed by atoms with Crippen LogP contribution in [0.4, 0.5) is 0 Å². The molecule has 0 saturated carbocycles. The molecule has 0 aliphatic carbocycles. The van der Waals surface area contributed by atoms with Crippen LogP contribution in [0.25, 0.3) is 0 Å². The van der Waals surface area contributed by atoms with E-state index in [4.69, 9.17) is 0 Å². The van der Waals surface area contributed by atoms with E-state index in [1.807, 2.05) is 11.8 Å². The molecule has 2 fully saturated rings. The quantitative estimate of drug-likeness (QED) is 0.590. The molecule has 0 unspecified atom stereocenters. The highest BCUT2D eigenvalue weighted by molar-refractivity contribution is 5.91. The van der Waals surface area contributed by atoms with Gasteiger partial charge in [0.2, 0.25) is 11.8 Å². The monoisotopic (exact) mass is 211 g/mol. The third kappa shape index (κ3) is 2.12. The van der Waals surface area contributed by atoms with Crippen molar-refractivity contribution < 1.29 is 9.59 Å². The average Bonchev–Trinajstić information content (AvgIpc) is 2.65. The third-order valence-corrected chi connectivity index (χ3v) is 3.08. The average molecular weight is 211 g/mol. The number of hydrogen-bond acceptors (Lipinski definition) is 3. The normalized spacial score (nSPS) is 31.5. The van der Waals surface area contributed by atoms with Crippen LogP contribution in [0, 0.1) is 0 Å². The van der Waals surface area contributed by atoms with Crippen LogP contribution in [0.3, 0.4) is 0 Å². The van der Waals surface area contributed by atoms with Crippen molar-refractivity contribution in [3.05, 3.63) is 0 Å². The Labute approximate surface area is 89.2 Å². The molecule has 84 valence electrons. The fourth-order valence-corrected chi connectivity index (χ4v) is 2.17. The summed E-state index contributed by atoms with van der Waals surface area (Å²) in [4.78, 5) is 24.9. The van der Waals surface area contributed by atoms with Gasteiger partial charge in [-0.3, -0.25) is 9.59 Å². The summed E-state index contributed by atoms with van der Waals surface area (Å²) in [7, 11) is 0. The fraction of sp³-hybridized carbons (Fsp3) is 0.800. The second kappa shape index (κ2) is 4.18. The summed E-state index contributed by atoms with van der Waals surface area (Å²) < 4.78 is 0. The van der Waals surface area contributed by atoms with Crippen LogP contribution < -0.4 is 10.6 Å². The number of nitrogens with zero attached hydrogens (tertiary/aromatic N) is 1. The molecule has 2 atom stereocenters. The Balaban J connectivity index is 1.97. The standard InChI is InChI=1S/C10H17N3O2/c1-7-6-11-4-5-13(7)10(15)8-2-3-9(14)12-8/h7-8,11H,2-6H2,1H3,(H,12,14)/t7-,8+/m0/s1. The Morgan fingerprint density at radius 3 is 2.93 bits per heavy atom. The summed E-state index contributed by atoms with van der Waals surface area (Å²) in [6.07, 6.45) is 1.13. The van der Waals surface area contributed by atoms with E-state index in [0.29, 0.717) is 12.8 Å². The number of rotatable bonds is 1. The molecule has 2 aliphatic rings. The second-order valence-electron chi connectivity index (χ2n) is 4.24. The summed E-state index contributed by atoms with van der Waals surface area (Å²) in [5.41, 5.74) is 0. The van der Waals surface area contributed by atoms with Crippen molar-refractivity contribution in [2.75, 3.05) is 19.6 Å². The van der Waals surface area contributed by atoms with Crippen LogP contribution in [0.2, 0.25) is 0 Å². The van der Waals surface area contributed by atoms with Crippen LogP contribution in [0.5, 0.6) is 0 Å². The van der Waals surface area contributed by atoms with Gasteiger partial charge >= 0.3 is 0 Å². The highest BCUT2D eigenvalue weighted by Gasteiger charge is 2.33. The zero-order valence-corrected chi connectivity index (χ0v) is 8.95. The molecule has 15 heavy (non-hydrogen) atoms. The predicted molar refractivity (Wildman–Crippen MR) is 55.2 cm³/mol. The number of hydrogen-bond donors (Lipinski definition) is 2. The van der Waals surface area contributed by atoms with Gasteiger partial charge in [0.15, 0.2) is 0 Å². The second-order valence-corrected chi connectivity index (χ2v) is 4.24. The largest absolute Gasteiger partial charge is 0.344 e. The Morgan fingerprint density at radius 1 is 1.53 bits per heavy atom. The number of nitrogens with one attached hydrogen (secondary N) is 2. The summed E-state index contributed by atoms with van der Waals surface area (Å²) >= 11 is 0. The lowest BCUT2D eigenvalue weighted by Gasteiger charge is -2.35. The topological polar surface area (TPSA) is 61.4 Å². The van der Waals surface area contributed by atoms with E-state index in [1.165, 1.54) is 0 Å². The van der Waals surface area contributed by atoms with Crippen LogP contribution in [0.15, 0.2) is 0 Å². The molecule has 5 nitrogen and oxygen atoms in total. The van der Waals surface area contributed by atoms with Crippen LogP contribution in [-0.4, -0.2) is 48.4 Å². The highest BCUT2D eigenvalue weighted by Crippen LogP contribution is 2.12. The van der Waals surface area contributed by atoms with Gasteiger partial charge in [-0.15, -0.1) is 0 Å². The van der Waals surface area contributed by atoms with E-state index in [1.54, 1.807) is 0 Å². The number of carbonyl (C=O) groups is 2. The Hall–Kier alpha value is -1.10. The molecule has 0 aromatic heterocycles.